The van der Waals surface area contributed by atoms with Crippen LogP contribution in [0.25, 0.3) is 0 Å². The van der Waals surface area contributed by atoms with Crippen molar-refractivity contribution in [3.8, 4) is 0 Å². The van der Waals surface area contributed by atoms with E-state index >= 15 is 0 Å². The van der Waals surface area contributed by atoms with Crippen molar-refractivity contribution in [1.82, 2.24) is 0 Å². The average Bonchev–Trinajstić information content (AvgIpc) is 3.47. The van der Waals surface area contributed by atoms with Crippen LogP contribution in [0.1, 0.15) is 342 Å². The Labute approximate surface area is 502 Å². The van der Waals surface area contributed by atoms with E-state index in [-0.39, 0.29) is 37.5 Å². The number of ether oxygens (including phenoxy) is 3. The zero-order valence-corrected chi connectivity index (χ0v) is 53.5. The summed E-state index contributed by atoms with van der Waals surface area (Å²) in [5.41, 5.74) is 0. The third-order valence-electron chi connectivity index (χ3n) is 15.1. The summed E-state index contributed by atoms with van der Waals surface area (Å²) in [6.45, 7) is 6.43. The molecule has 0 saturated carbocycles. The van der Waals surface area contributed by atoms with Gasteiger partial charge in [0, 0.05) is 19.3 Å². The van der Waals surface area contributed by atoms with Gasteiger partial charge in [0.15, 0.2) is 6.10 Å². The molecule has 6 nitrogen and oxygen atoms in total. The summed E-state index contributed by atoms with van der Waals surface area (Å²) in [5.74, 6) is -0.920. The van der Waals surface area contributed by atoms with Crippen molar-refractivity contribution in [2.45, 2.75) is 348 Å². The number of unbranched alkanes of at least 4 members (excludes halogenated alkanes) is 36. The molecule has 1 atom stereocenters. The molecule has 0 aromatic heterocycles. The first-order valence-electron chi connectivity index (χ1n) is 34.7. The lowest BCUT2D eigenvalue weighted by Gasteiger charge is -2.18. The number of hydrogen-bond donors (Lipinski definition) is 0. The lowest BCUT2D eigenvalue weighted by Crippen LogP contribution is -2.30. The molecule has 1 unspecified atom stereocenters. The van der Waals surface area contributed by atoms with Gasteiger partial charge in [-0.3, -0.25) is 14.4 Å². The highest BCUT2D eigenvalue weighted by molar-refractivity contribution is 5.71. The Morgan fingerprint density at radius 3 is 0.765 bits per heavy atom. The second-order valence-corrected chi connectivity index (χ2v) is 23.0. The molecule has 0 spiro atoms. The summed E-state index contributed by atoms with van der Waals surface area (Å²) in [4.78, 5) is 38.4. The van der Waals surface area contributed by atoms with Gasteiger partial charge in [0.1, 0.15) is 13.2 Å². The maximum absolute atomic E-state index is 12.9. The van der Waals surface area contributed by atoms with E-state index in [1.54, 1.807) is 0 Å². The number of carbonyl (C=O) groups is 3. The lowest BCUT2D eigenvalue weighted by molar-refractivity contribution is -0.167. The van der Waals surface area contributed by atoms with Gasteiger partial charge in [-0.05, 0) is 96.3 Å². The molecule has 0 aromatic carbocycles. The summed E-state index contributed by atoms with van der Waals surface area (Å²) in [6, 6.07) is 0. The molecule has 0 amide bonds. The normalized spacial score (nSPS) is 12.7. The SMILES string of the molecule is CC/C=C\C/C=C\C/C=C\C/C=C\C/C=C\CCCCCC(=O)OC(COC(=O)CCCCCCCCC/C=C\C/C=C\C/C=C\CC)COC(=O)CCCCCCCCCCCCCCCCCCCCCCCCCCCCC. The molecule has 0 rings (SSSR count). The Morgan fingerprint density at radius 2 is 0.481 bits per heavy atom. The van der Waals surface area contributed by atoms with Gasteiger partial charge in [-0.15, -0.1) is 0 Å². The topological polar surface area (TPSA) is 78.9 Å². The average molecular weight is 1130 g/mol. The van der Waals surface area contributed by atoms with Crippen LogP contribution in [0.3, 0.4) is 0 Å². The molecule has 0 bridgehead atoms. The maximum Gasteiger partial charge on any atom is 0.306 e. The van der Waals surface area contributed by atoms with E-state index in [0.717, 1.165) is 122 Å². The van der Waals surface area contributed by atoms with Crippen LogP contribution in [0.4, 0.5) is 0 Å². The minimum absolute atomic E-state index is 0.0921. The molecule has 0 N–H and O–H groups in total. The van der Waals surface area contributed by atoms with Crippen molar-refractivity contribution in [3.63, 3.8) is 0 Å². The minimum atomic E-state index is -0.801. The Balaban J connectivity index is 4.34. The third kappa shape index (κ3) is 67.0. The van der Waals surface area contributed by atoms with E-state index in [9.17, 15) is 14.4 Å². The molecule has 0 aliphatic heterocycles. The van der Waals surface area contributed by atoms with Gasteiger partial charge in [-0.1, -0.05) is 323 Å². The zero-order chi connectivity index (χ0) is 58.5. The van der Waals surface area contributed by atoms with Gasteiger partial charge in [0.2, 0.25) is 0 Å². The van der Waals surface area contributed by atoms with Gasteiger partial charge >= 0.3 is 17.9 Å². The van der Waals surface area contributed by atoms with Crippen molar-refractivity contribution in [1.29, 1.82) is 0 Å². The van der Waals surface area contributed by atoms with Crippen molar-refractivity contribution in [3.05, 3.63) is 97.2 Å². The van der Waals surface area contributed by atoms with Crippen molar-refractivity contribution < 1.29 is 28.6 Å². The molecule has 0 radical (unpaired) electrons. The molecule has 6 heteroatoms. The first-order chi connectivity index (χ1) is 40.0. The van der Waals surface area contributed by atoms with Gasteiger partial charge in [0.25, 0.3) is 0 Å². The molecule has 0 aliphatic carbocycles. The fourth-order valence-corrected chi connectivity index (χ4v) is 9.96. The lowest BCUT2D eigenvalue weighted by atomic mass is 10.0. The fourth-order valence-electron chi connectivity index (χ4n) is 9.96. The molecule has 0 fully saturated rings. The quantitative estimate of drug-likeness (QED) is 0.0261. The smallest absolute Gasteiger partial charge is 0.306 e. The van der Waals surface area contributed by atoms with Crippen LogP contribution >= 0.6 is 0 Å². The first kappa shape index (κ1) is 77.3. The summed E-state index contributed by atoms with van der Waals surface area (Å²) in [5, 5.41) is 0. The number of allylic oxidation sites excluding steroid dienone is 16. The zero-order valence-electron chi connectivity index (χ0n) is 53.5. The number of hydrogen-bond acceptors (Lipinski definition) is 6. The third-order valence-corrected chi connectivity index (χ3v) is 15.1. The number of esters is 3. The molecule has 0 aromatic rings. The van der Waals surface area contributed by atoms with Crippen molar-refractivity contribution in [2.24, 2.45) is 0 Å². The van der Waals surface area contributed by atoms with E-state index in [2.05, 4.69) is 118 Å². The second kappa shape index (κ2) is 68.8. The van der Waals surface area contributed by atoms with Crippen LogP contribution in [0.2, 0.25) is 0 Å². The van der Waals surface area contributed by atoms with E-state index in [4.69, 9.17) is 14.2 Å². The predicted octanol–water partition coefficient (Wildman–Crippen LogP) is 24.0. The highest BCUT2D eigenvalue weighted by atomic mass is 16.6. The molecule has 466 valence electrons. The number of carbonyl (C=O) groups excluding carboxylic acids is 3. The largest absolute Gasteiger partial charge is 0.462 e. The van der Waals surface area contributed by atoms with E-state index < -0.39 is 6.10 Å². The van der Waals surface area contributed by atoms with Gasteiger partial charge in [-0.25, -0.2) is 0 Å². The van der Waals surface area contributed by atoms with Gasteiger partial charge < -0.3 is 14.2 Å². The summed E-state index contributed by atoms with van der Waals surface area (Å²) in [7, 11) is 0. The van der Waals surface area contributed by atoms with Crippen LogP contribution in [0.5, 0.6) is 0 Å². The summed E-state index contributed by atoms with van der Waals surface area (Å²) < 4.78 is 16.9. The van der Waals surface area contributed by atoms with Crippen LogP contribution in [0, 0.1) is 0 Å². The Hall–Kier alpha value is -3.67. The second-order valence-electron chi connectivity index (χ2n) is 23.0. The monoisotopic (exact) mass is 1130 g/mol. The first-order valence-corrected chi connectivity index (χ1v) is 34.7. The summed E-state index contributed by atoms with van der Waals surface area (Å²) >= 11 is 0. The van der Waals surface area contributed by atoms with Crippen LogP contribution in [0.15, 0.2) is 97.2 Å². The molecule has 0 heterocycles. The molecule has 0 aliphatic rings. The molecule has 81 heavy (non-hydrogen) atoms. The predicted molar refractivity (Wildman–Crippen MR) is 353 cm³/mol. The molecular weight excluding hydrogens is 997 g/mol. The van der Waals surface area contributed by atoms with E-state index in [1.807, 2.05) is 0 Å². The number of rotatable bonds is 63. The van der Waals surface area contributed by atoms with Crippen LogP contribution in [-0.2, 0) is 28.6 Å². The highest BCUT2D eigenvalue weighted by Crippen LogP contribution is 2.18. The highest BCUT2D eigenvalue weighted by Gasteiger charge is 2.19. The fraction of sp³-hybridized carbons (Fsp3) is 0.747. The van der Waals surface area contributed by atoms with Crippen LogP contribution < -0.4 is 0 Å². The Kier molecular flexibility index (Phi) is 65.7. The minimum Gasteiger partial charge on any atom is -0.462 e. The van der Waals surface area contributed by atoms with Crippen molar-refractivity contribution >= 4 is 17.9 Å². The van der Waals surface area contributed by atoms with Gasteiger partial charge in [0.05, 0.1) is 0 Å². The standard InChI is InChI=1S/C75H130O6/c1-4-7-10-13-16-19-22-25-28-31-33-34-35-36-37-38-39-40-42-44-47-50-53-56-59-62-65-68-74(77)80-71-72(70-79-73(76)67-64-61-58-55-52-49-46-43-30-27-24-21-18-15-12-9-6-3)81-75(78)69-66-63-60-57-54-51-48-45-41-32-29-26-23-20-17-14-11-8-5-2/h8-9,11-12,17-18,20-21,26-27,29-30,41,45,51,54,72H,4-7,10,13-16,19,22-25,28,31-40,42-44,46-50,52-53,55-71H2,1-3H3/b11-8-,12-9-,20-17-,21-18-,29-26-,30-27-,45-41-,54-51-. The van der Waals surface area contributed by atoms with E-state index in [1.165, 1.54) is 180 Å². The molecular formula is C75H130O6. The van der Waals surface area contributed by atoms with Crippen LogP contribution in [-0.4, -0.2) is 37.2 Å². The van der Waals surface area contributed by atoms with Crippen molar-refractivity contribution in [2.75, 3.05) is 13.2 Å². The Bertz CT molecular complexity index is 1580. The maximum atomic E-state index is 12.9. The summed E-state index contributed by atoms with van der Waals surface area (Å²) in [6.07, 6.45) is 93.0. The Morgan fingerprint density at radius 1 is 0.259 bits per heavy atom. The van der Waals surface area contributed by atoms with E-state index in [0.29, 0.717) is 12.8 Å². The van der Waals surface area contributed by atoms with Gasteiger partial charge in [-0.2, -0.15) is 0 Å². The molecule has 0 saturated heterocycles.